The summed E-state index contributed by atoms with van der Waals surface area (Å²) < 4.78 is 16.1. The lowest BCUT2D eigenvalue weighted by Gasteiger charge is -2.04. The molecular formula is C20H18N4O3. The van der Waals surface area contributed by atoms with E-state index >= 15 is 0 Å². The zero-order valence-corrected chi connectivity index (χ0v) is 15.0. The lowest BCUT2D eigenvalue weighted by Crippen LogP contribution is -1.95. The van der Waals surface area contributed by atoms with Crippen LogP contribution in [0.1, 0.15) is 31.2 Å². The van der Waals surface area contributed by atoms with Crippen molar-refractivity contribution in [1.82, 2.24) is 20.3 Å². The minimum absolute atomic E-state index is 0.191. The van der Waals surface area contributed by atoms with E-state index in [0.717, 1.165) is 11.1 Å². The minimum atomic E-state index is 0.191. The third-order valence-electron chi connectivity index (χ3n) is 4.13. The molecule has 0 amide bonds. The summed E-state index contributed by atoms with van der Waals surface area (Å²) in [6, 6.07) is 15.5. The van der Waals surface area contributed by atoms with Crippen molar-refractivity contribution < 1.29 is 13.7 Å². The predicted molar refractivity (Wildman–Crippen MR) is 97.9 cm³/mol. The van der Waals surface area contributed by atoms with E-state index in [9.17, 15) is 0 Å². The van der Waals surface area contributed by atoms with Crippen molar-refractivity contribution in [2.75, 3.05) is 0 Å². The second-order valence-electron chi connectivity index (χ2n) is 6.35. The summed E-state index contributed by atoms with van der Waals surface area (Å²) in [4.78, 5) is 4.39. The molecule has 2 aromatic carbocycles. The summed E-state index contributed by atoms with van der Waals surface area (Å²) >= 11 is 0. The quantitative estimate of drug-likeness (QED) is 0.499. The number of ether oxygens (including phenoxy) is 1. The highest BCUT2D eigenvalue weighted by atomic mass is 16.5. The SMILES string of the molecule is CC(C)c1ccc(-c2noc(COc3ccc(-c4nnco4)cc3)n2)cc1. The zero-order chi connectivity index (χ0) is 18.6. The molecule has 136 valence electrons. The number of rotatable bonds is 6. The van der Waals surface area contributed by atoms with Gasteiger partial charge >= 0.3 is 0 Å². The van der Waals surface area contributed by atoms with Crippen LogP contribution < -0.4 is 4.74 Å². The number of hydrogen-bond donors (Lipinski definition) is 0. The molecule has 4 rings (SSSR count). The normalized spacial score (nSPS) is 11.1. The van der Waals surface area contributed by atoms with Crippen LogP contribution in [-0.4, -0.2) is 20.3 Å². The van der Waals surface area contributed by atoms with Crippen molar-refractivity contribution in [3.8, 4) is 28.6 Å². The van der Waals surface area contributed by atoms with Crippen LogP contribution in [0.5, 0.6) is 5.75 Å². The van der Waals surface area contributed by atoms with Crippen LogP contribution in [0.2, 0.25) is 0 Å². The summed E-state index contributed by atoms with van der Waals surface area (Å²) in [6.07, 6.45) is 1.29. The Balaban J connectivity index is 1.39. The minimum Gasteiger partial charge on any atom is -0.484 e. The monoisotopic (exact) mass is 362 g/mol. The summed E-state index contributed by atoms with van der Waals surface area (Å²) in [6.45, 7) is 4.51. The fourth-order valence-electron chi connectivity index (χ4n) is 2.59. The topological polar surface area (TPSA) is 87.1 Å². The summed E-state index contributed by atoms with van der Waals surface area (Å²) in [5.41, 5.74) is 3.01. The number of aromatic nitrogens is 4. The average Bonchev–Trinajstić information content (AvgIpc) is 3.39. The third-order valence-corrected chi connectivity index (χ3v) is 4.13. The molecule has 0 saturated carbocycles. The van der Waals surface area contributed by atoms with Gasteiger partial charge in [0.15, 0.2) is 6.61 Å². The van der Waals surface area contributed by atoms with Gasteiger partial charge in [-0.05, 0) is 35.7 Å². The molecule has 0 aliphatic carbocycles. The first-order valence-electron chi connectivity index (χ1n) is 8.61. The Bertz CT molecular complexity index is 991. The lowest BCUT2D eigenvalue weighted by molar-refractivity contribution is 0.243. The molecule has 7 nitrogen and oxygen atoms in total. The maximum atomic E-state index is 5.70. The van der Waals surface area contributed by atoms with Gasteiger partial charge in [0.05, 0.1) is 0 Å². The van der Waals surface area contributed by atoms with E-state index in [1.165, 1.54) is 12.0 Å². The first-order valence-corrected chi connectivity index (χ1v) is 8.61. The maximum Gasteiger partial charge on any atom is 0.264 e. The Morgan fingerprint density at radius 3 is 2.37 bits per heavy atom. The molecule has 2 aromatic heterocycles. The number of benzene rings is 2. The molecule has 0 fully saturated rings. The molecule has 7 heteroatoms. The molecule has 0 aliphatic heterocycles. The number of nitrogens with zero attached hydrogens (tertiary/aromatic N) is 4. The van der Waals surface area contributed by atoms with Crippen molar-refractivity contribution in [2.24, 2.45) is 0 Å². The molecule has 0 atom stereocenters. The van der Waals surface area contributed by atoms with Crippen molar-refractivity contribution in [2.45, 2.75) is 26.4 Å². The molecule has 0 radical (unpaired) electrons. The standard InChI is InChI=1S/C20H18N4O3/c1-13(2)14-3-5-15(6-4-14)19-22-18(27-24-19)11-25-17-9-7-16(8-10-17)20-23-21-12-26-20/h3-10,12-13H,11H2,1-2H3. The van der Waals surface area contributed by atoms with E-state index < -0.39 is 0 Å². The number of hydrogen-bond acceptors (Lipinski definition) is 7. The highest BCUT2D eigenvalue weighted by Crippen LogP contribution is 2.22. The van der Waals surface area contributed by atoms with E-state index in [2.05, 4.69) is 46.3 Å². The summed E-state index contributed by atoms with van der Waals surface area (Å²) in [5.74, 6) is 2.60. The second kappa shape index (κ2) is 7.41. The Kier molecular flexibility index (Phi) is 4.65. The fourth-order valence-corrected chi connectivity index (χ4v) is 2.59. The van der Waals surface area contributed by atoms with E-state index in [0.29, 0.717) is 29.3 Å². The van der Waals surface area contributed by atoms with Crippen LogP contribution in [0.3, 0.4) is 0 Å². The van der Waals surface area contributed by atoms with Crippen molar-refractivity contribution in [1.29, 1.82) is 0 Å². The largest absolute Gasteiger partial charge is 0.484 e. The summed E-state index contributed by atoms with van der Waals surface area (Å²) in [7, 11) is 0. The van der Waals surface area contributed by atoms with Gasteiger partial charge in [-0.1, -0.05) is 43.3 Å². The molecule has 0 bridgehead atoms. The third kappa shape index (κ3) is 3.87. The molecule has 0 spiro atoms. The molecule has 0 aliphatic rings. The van der Waals surface area contributed by atoms with Crippen LogP contribution in [0.25, 0.3) is 22.8 Å². The first kappa shape index (κ1) is 17.0. The van der Waals surface area contributed by atoms with Crippen molar-refractivity contribution in [3.05, 3.63) is 66.4 Å². The molecule has 0 saturated heterocycles. The molecule has 0 N–H and O–H groups in total. The van der Waals surface area contributed by atoms with E-state index in [1.807, 2.05) is 36.4 Å². The van der Waals surface area contributed by atoms with Crippen LogP contribution >= 0.6 is 0 Å². The second-order valence-corrected chi connectivity index (χ2v) is 6.35. The maximum absolute atomic E-state index is 5.70. The van der Waals surface area contributed by atoms with E-state index in [4.69, 9.17) is 13.7 Å². The average molecular weight is 362 g/mol. The highest BCUT2D eigenvalue weighted by molar-refractivity contribution is 5.55. The Morgan fingerprint density at radius 2 is 1.70 bits per heavy atom. The summed E-state index contributed by atoms with van der Waals surface area (Å²) in [5, 5.41) is 11.6. The van der Waals surface area contributed by atoms with Gasteiger partial charge in [0.2, 0.25) is 18.1 Å². The highest BCUT2D eigenvalue weighted by Gasteiger charge is 2.10. The van der Waals surface area contributed by atoms with Gasteiger partial charge in [-0.3, -0.25) is 0 Å². The van der Waals surface area contributed by atoms with Gasteiger partial charge in [0.25, 0.3) is 5.89 Å². The van der Waals surface area contributed by atoms with E-state index in [-0.39, 0.29) is 6.61 Å². The smallest absolute Gasteiger partial charge is 0.264 e. The Hall–Kier alpha value is -3.48. The zero-order valence-electron chi connectivity index (χ0n) is 15.0. The van der Waals surface area contributed by atoms with Crippen LogP contribution in [0.4, 0.5) is 0 Å². The van der Waals surface area contributed by atoms with Gasteiger partial charge in [-0.2, -0.15) is 4.98 Å². The van der Waals surface area contributed by atoms with Gasteiger partial charge in [0.1, 0.15) is 5.75 Å². The fraction of sp³-hybridized carbons (Fsp3) is 0.200. The first-order chi connectivity index (χ1) is 13.2. The van der Waals surface area contributed by atoms with Crippen LogP contribution in [0, 0.1) is 0 Å². The molecule has 27 heavy (non-hydrogen) atoms. The van der Waals surface area contributed by atoms with Gasteiger partial charge in [-0.25, -0.2) is 0 Å². The van der Waals surface area contributed by atoms with Gasteiger partial charge in [0, 0.05) is 11.1 Å². The predicted octanol–water partition coefficient (Wildman–Crippen LogP) is 4.49. The van der Waals surface area contributed by atoms with E-state index in [1.54, 1.807) is 0 Å². The van der Waals surface area contributed by atoms with Crippen LogP contribution in [-0.2, 0) is 6.61 Å². The molecule has 4 aromatic rings. The molecule has 0 unspecified atom stereocenters. The Labute approximate surface area is 156 Å². The molecule has 2 heterocycles. The lowest BCUT2D eigenvalue weighted by atomic mass is 10.0. The van der Waals surface area contributed by atoms with Crippen molar-refractivity contribution in [3.63, 3.8) is 0 Å². The Morgan fingerprint density at radius 1 is 0.963 bits per heavy atom. The van der Waals surface area contributed by atoms with Crippen LogP contribution in [0.15, 0.2) is 63.9 Å². The van der Waals surface area contributed by atoms with Gasteiger partial charge < -0.3 is 13.7 Å². The van der Waals surface area contributed by atoms with Gasteiger partial charge in [-0.15, -0.1) is 10.2 Å². The molecular weight excluding hydrogens is 344 g/mol. The van der Waals surface area contributed by atoms with Crippen molar-refractivity contribution >= 4 is 0 Å².